The van der Waals surface area contributed by atoms with Gasteiger partial charge in [0.1, 0.15) is 11.4 Å². The molecule has 1 saturated heterocycles. The Morgan fingerprint density at radius 3 is 2.38 bits per heavy atom. The van der Waals surface area contributed by atoms with Gasteiger partial charge in [0.25, 0.3) is 0 Å². The van der Waals surface area contributed by atoms with Crippen LogP contribution in [-0.4, -0.2) is 30.1 Å². The molecule has 3 atom stereocenters. The van der Waals surface area contributed by atoms with Crippen LogP contribution in [0.5, 0.6) is 0 Å². The summed E-state index contributed by atoms with van der Waals surface area (Å²) in [4.78, 5) is 0. The summed E-state index contributed by atoms with van der Waals surface area (Å²) in [5.74, 6) is 5.13. The van der Waals surface area contributed by atoms with Crippen molar-refractivity contribution in [3.8, 4) is 24.7 Å². The molecule has 1 fully saturated rings. The minimum absolute atomic E-state index is 0.0989. The average molecular weight is 231 g/mol. The molecule has 13 heavy (non-hydrogen) atoms. The van der Waals surface area contributed by atoms with Crippen molar-refractivity contribution in [3.63, 3.8) is 0 Å². The molecule has 1 aliphatic rings. The molecule has 0 aliphatic carbocycles. The highest BCUT2D eigenvalue weighted by Crippen LogP contribution is 2.69. The molecule has 1 rings (SSSR count). The smallest absolute Gasteiger partial charge is 0.190 e. The second-order valence-corrected chi connectivity index (χ2v) is 9.66. The van der Waals surface area contributed by atoms with E-state index >= 15 is 0 Å². The van der Waals surface area contributed by atoms with Gasteiger partial charge in [-0.2, -0.15) is 0 Å². The summed E-state index contributed by atoms with van der Waals surface area (Å²) >= 11 is 6.87. The Kier molecular flexibility index (Phi) is 3.46. The number of hydrogen-bond donors (Lipinski definition) is 0. The minimum atomic E-state index is -1.99. The fourth-order valence-electron chi connectivity index (χ4n) is 0.847. The molecule has 1 aliphatic heterocycles. The largest absolute Gasteiger partial charge is 0.312 e. The molecule has 0 aromatic carbocycles. The highest BCUT2D eigenvalue weighted by atomic mass is 32.9. The van der Waals surface area contributed by atoms with Crippen molar-refractivity contribution < 1.29 is 4.52 Å². The van der Waals surface area contributed by atoms with Gasteiger partial charge in [-0.3, -0.25) is 4.67 Å². The van der Waals surface area contributed by atoms with Gasteiger partial charge in [0, 0.05) is 0 Å². The third kappa shape index (κ3) is 2.10. The third-order valence-electron chi connectivity index (χ3n) is 1.59. The average Bonchev–Trinajstić information content (AvgIpc) is 2.43. The molecular formula is C8H10NOPS2. The molecular weight excluding hydrogens is 221 g/mol. The molecule has 0 saturated carbocycles. The minimum Gasteiger partial charge on any atom is -0.312 e. The summed E-state index contributed by atoms with van der Waals surface area (Å²) in [6.45, 7) is 0. The number of rotatable bonds is 1. The number of hydrogen-bond acceptors (Lipinski definition) is 3. The van der Waals surface area contributed by atoms with E-state index in [0.717, 1.165) is 0 Å². The highest BCUT2D eigenvalue weighted by Gasteiger charge is 2.40. The van der Waals surface area contributed by atoms with E-state index in [4.69, 9.17) is 29.2 Å². The monoisotopic (exact) mass is 231 g/mol. The molecule has 0 bridgehead atoms. The lowest BCUT2D eigenvalue weighted by atomic mass is 10.3. The van der Waals surface area contributed by atoms with Crippen LogP contribution < -0.4 is 0 Å². The topological polar surface area (TPSA) is 12.5 Å². The molecule has 3 unspecified atom stereocenters. The van der Waals surface area contributed by atoms with Gasteiger partial charge in [-0.25, -0.2) is 0 Å². The quantitative estimate of drug-likeness (QED) is 0.501. The zero-order chi connectivity index (χ0) is 10.1. The molecule has 5 heteroatoms. The lowest BCUT2D eigenvalue weighted by Crippen LogP contribution is -2.15. The van der Waals surface area contributed by atoms with Crippen LogP contribution >= 0.6 is 17.0 Å². The van der Waals surface area contributed by atoms with Crippen LogP contribution in [-0.2, 0) is 16.3 Å². The normalized spacial score (nSPS) is 38.5. The number of nitrogens with zero attached hydrogens (tertiary/aromatic N) is 1. The maximum Gasteiger partial charge on any atom is 0.190 e. The first-order valence-corrected chi connectivity index (χ1v) is 7.76. The van der Waals surface area contributed by atoms with Gasteiger partial charge in [0.05, 0.1) is 0 Å². The summed E-state index contributed by atoms with van der Waals surface area (Å²) < 4.78 is 7.50. The van der Waals surface area contributed by atoms with Gasteiger partial charge in [-0.15, -0.1) is 12.8 Å². The molecule has 0 aromatic heterocycles. The predicted molar refractivity (Wildman–Crippen MR) is 61.9 cm³/mol. The summed E-state index contributed by atoms with van der Waals surface area (Å²) in [6.07, 6.45) is 10.3. The van der Waals surface area contributed by atoms with Crippen molar-refractivity contribution in [3.05, 3.63) is 0 Å². The van der Waals surface area contributed by atoms with E-state index in [1.807, 2.05) is 18.8 Å². The second kappa shape index (κ2) is 4.05. The van der Waals surface area contributed by atoms with Crippen molar-refractivity contribution in [2.45, 2.75) is 11.4 Å². The Hall–Kier alpha value is 0.0400. The lowest BCUT2D eigenvalue weighted by molar-refractivity contribution is 0.297. The first kappa shape index (κ1) is 11.1. The maximum atomic E-state index is 5.60. The standard InChI is InChI=1S/C8H10NOPS2/c1-5-7-8(6-2)13-11(12,10-7)9(3)4/h1-2,7-8H,3-4H3. The van der Waals surface area contributed by atoms with E-state index in [2.05, 4.69) is 11.8 Å². The summed E-state index contributed by atoms with van der Waals surface area (Å²) in [7, 11) is 3.78. The second-order valence-electron chi connectivity index (χ2n) is 2.70. The van der Waals surface area contributed by atoms with E-state index in [-0.39, 0.29) is 11.4 Å². The predicted octanol–water partition coefficient (Wildman–Crippen LogP) is 1.54. The van der Waals surface area contributed by atoms with Gasteiger partial charge in [-0.05, 0) is 25.9 Å². The van der Waals surface area contributed by atoms with Gasteiger partial charge in [-0.1, -0.05) is 23.2 Å². The van der Waals surface area contributed by atoms with Crippen LogP contribution in [0, 0.1) is 24.7 Å². The third-order valence-corrected chi connectivity index (χ3v) is 8.67. The fraction of sp³-hybridized carbons (Fsp3) is 0.500. The van der Waals surface area contributed by atoms with Crippen molar-refractivity contribution in [2.24, 2.45) is 0 Å². The molecule has 0 N–H and O–H groups in total. The number of terminal acetylenes is 2. The summed E-state index contributed by atoms with van der Waals surface area (Å²) in [5.41, 5.74) is -1.99. The van der Waals surface area contributed by atoms with E-state index in [0.29, 0.717) is 0 Å². The van der Waals surface area contributed by atoms with Crippen LogP contribution in [0.3, 0.4) is 0 Å². The molecule has 2 nitrogen and oxygen atoms in total. The summed E-state index contributed by atoms with van der Waals surface area (Å²) in [6, 6.07) is 0. The molecule has 70 valence electrons. The van der Waals surface area contributed by atoms with Crippen LogP contribution in [0.2, 0.25) is 0 Å². The molecule has 1 heterocycles. The first-order valence-electron chi connectivity index (χ1n) is 3.60. The SMILES string of the molecule is C#CC1OP(=S)(N(C)C)SC1C#C. The maximum absolute atomic E-state index is 5.60. The van der Waals surface area contributed by atoms with Gasteiger partial charge < -0.3 is 4.52 Å². The van der Waals surface area contributed by atoms with Gasteiger partial charge in [0.2, 0.25) is 0 Å². The lowest BCUT2D eigenvalue weighted by Gasteiger charge is -2.21. The highest BCUT2D eigenvalue weighted by molar-refractivity contribution is 8.69. The van der Waals surface area contributed by atoms with Crippen LogP contribution in [0.25, 0.3) is 0 Å². The first-order chi connectivity index (χ1) is 6.03. The van der Waals surface area contributed by atoms with Crippen molar-refractivity contribution >= 4 is 28.8 Å². The van der Waals surface area contributed by atoms with E-state index < -0.39 is 5.62 Å². The van der Waals surface area contributed by atoms with E-state index in [1.165, 1.54) is 11.4 Å². The van der Waals surface area contributed by atoms with Crippen LogP contribution in [0.15, 0.2) is 0 Å². The van der Waals surface area contributed by atoms with Crippen LogP contribution in [0.4, 0.5) is 0 Å². The summed E-state index contributed by atoms with van der Waals surface area (Å²) in [5, 5.41) is -0.0989. The molecule has 0 radical (unpaired) electrons. The zero-order valence-corrected chi connectivity index (χ0v) is 9.96. The van der Waals surface area contributed by atoms with E-state index in [1.54, 1.807) is 0 Å². The van der Waals surface area contributed by atoms with E-state index in [9.17, 15) is 0 Å². The molecule has 0 spiro atoms. The van der Waals surface area contributed by atoms with Crippen molar-refractivity contribution in [2.75, 3.05) is 14.1 Å². The Balaban J connectivity index is 2.88. The molecule has 0 aromatic rings. The van der Waals surface area contributed by atoms with Gasteiger partial charge in [0.15, 0.2) is 5.62 Å². The Bertz CT molecular complexity index is 302. The van der Waals surface area contributed by atoms with Crippen LogP contribution in [0.1, 0.15) is 0 Å². The Morgan fingerprint density at radius 1 is 1.46 bits per heavy atom. The van der Waals surface area contributed by atoms with Gasteiger partial charge >= 0.3 is 0 Å². The molecule has 0 amide bonds. The van der Waals surface area contributed by atoms with Crippen molar-refractivity contribution in [1.29, 1.82) is 0 Å². The van der Waals surface area contributed by atoms with Crippen molar-refractivity contribution in [1.82, 2.24) is 4.67 Å². The Morgan fingerprint density at radius 2 is 2.08 bits per heavy atom. The fourth-order valence-corrected chi connectivity index (χ4v) is 5.90. The Labute approximate surface area is 88.3 Å². The zero-order valence-electron chi connectivity index (χ0n) is 7.43.